The molecular weight excluding hydrogens is 1360 g/mol. The molecule has 0 bridgehead atoms. The van der Waals surface area contributed by atoms with E-state index in [1.54, 1.807) is 0 Å². The van der Waals surface area contributed by atoms with Gasteiger partial charge >= 0.3 is 0 Å². The lowest BCUT2D eigenvalue weighted by Crippen LogP contribution is -2.29. The molecule has 6 aliphatic rings. The van der Waals surface area contributed by atoms with E-state index in [0.717, 1.165) is 55.7 Å². The maximum absolute atomic E-state index is 13.4. The van der Waals surface area contributed by atoms with Gasteiger partial charge in [-0.15, -0.1) is 0 Å². The fraction of sp³-hybridized carbons (Fsp3) is 0.120. The van der Waals surface area contributed by atoms with Crippen LogP contribution in [0.1, 0.15) is 35.6 Å². The van der Waals surface area contributed by atoms with E-state index in [1.165, 1.54) is 82.4 Å². The summed E-state index contributed by atoms with van der Waals surface area (Å²) in [6.07, 6.45) is 0.950. The van der Waals surface area contributed by atoms with Gasteiger partial charge < -0.3 is 15.3 Å². The molecule has 6 aliphatic carbocycles. The summed E-state index contributed by atoms with van der Waals surface area (Å²) in [6.45, 7) is 28.6. The summed E-state index contributed by atoms with van der Waals surface area (Å²) in [5.41, 5.74) is 6.64. The van der Waals surface area contributed by atoms with Gasteiger partial charge in [0.25, 0.3) is 16.7 Å². The monoisotopic (exact) mass is 1410 g/mol. The summed E-state index contributed by atoms with van der Waals surface area (Å²) in [5, 5.41) is 27.6. The number of aryl methyl sites for hydroxylation is 1. The van der Waals surface area contributed by atoms with E-state index in [1.807, 2.05) is 37.3 Å². The maximum atomic E-state index is 13.4. The van der Waals surface area contributed by atoms with Gasteiger partial charge in [-0.05, 0) is 110 Å². The molecule has 0 atom stereocenters. The van der Waals surface area contributed by atoms with Crippen molar-refractivity contribution in [3.05, 3.63) is 363 Å². The van der Waals surface area contributed by atoms with E-state index in [9.17, 15) is 87.2 Å². The van der Waals surface area contributed by atoms with Crippen molar-refractivity contribution in [3.8, 4) is 17.6 Å². The minimum absolute atomic E-state index is 0.0313. The van der Waals surface area contributed by atoms with Crippen molar-refractivity contribution in [2.24, 2.45) is 7.05 Å². The highest BCUT2D eigenvalue weighted by atomic mass is 16.3. The average molecular weight is 1410 g/mol. The number of anilines is 6. The SMILES string of the molecule is [C-]#[N+]c1c(C)c(NNc2cccc3c(=O)c4c(=O)ccc(=O)c=4c(=O)c23)c(=O)n(C)c1O.[C-]#[N+]c1c(C)c(NNc2cccc3c(=O)c4c(=O)ccc(=O)c=4c(=O)c23)c(=O)n(CCC)c1O.[C-]#[N+]c1c(C)c(NNc2cccc3c(=O)c4c(=O)ccc(=O)c=4c(=O)c23)c(=O)n(CCc2ccccc2)c1O. The highest BCUT2D eigenvalue weighted by Crippen LogP contribution is 2.36. The van der Waals surface area contributed by atoms with Gasteiger partial charge in [0.2, 0.25) is 33.3 Å². The Balaban J connectivity index is 0.000000158. The molecule has 520 valence electrons. The molecule has 0 fully saturated rings. The summed E-state index contributed by atoms with van der Waals surface area (Å²) in [4.78, 5) is 201. The van der Waals surface area contributed by atoms with Crippen LogP contribution in [0.25, 0.3) is 46.9 Å². The van der Waals surface area contributed by atoms with Crippen LogP contribution in [-0.4, -0.2) is 29.0 Å². The highest BCUT2D eigenvalue weighted by Gasteiger charge is 2.25. The van der Waals surface area contributed by atoms with Crippen molar-refractivity contribution in [1.29, 1.82) is 0 Å². The van der Waals surface area contributed by atoms with Crippen LogP contribution >= 0.6 is 0 Å². The molecule has 7 aromatic rings. The number of aromatic nitrogens is 3. The number of hydrazine groups is 3. The Hall–Kier alpha value is -15.1. The van der Waals surface area contributed by atoms with Crippen LogP contribution in [0.5, 0.6) is 17.6 Å². The zero-order valence-electron chi connectivity index (χ0n) is 55.5. The summed E-state index contributed by atoms with van der Waals surface area (Å²) in [7, 11) is 1.29. The smallest absolute Gasteiger partial charge is 0.276 e. The van der Waals surface area contributed by atoms with Gasteiger partial charge in [0, 0.05) is 36.3 Å². The second-order valence-electron chi connectivity index (χ2n) is 23.7. The van der Waals surface area contributed by atoms with Crippen molar-refractivity contribution < 1.29 is 15.3 Å². The standard InChI is InChI=1S/C29H20N4O6.C24H18N4O6.C22H14N4O6/c1-15-24(30-2)28(38)33(14-13-16-7-4-3-5-8-16)29(39)25(15)32-31-18-10-6-9-17-21(18)27(37)23-20(35)12-11-19(34)22(23)26(17)36;1-4-10-28-23(33)19(25-3)11(2)20(24(28)34)27-26-13-7-5-6-12-16(13)22(32)18-15(30)9-8-14(29)17(18)21(12)31;1-9-17(23-2)21(31)26(3)22(32)18(9)25-24-11-6-4-5-10-14(11)20(30)16-13(28)8-7-12(27)15(16)19(10)29/h3-12,31-32,38H,13-14H2,1H3;5-9,26-27,33H,4,10H2,1-2H3;4-8,24-25,31H,1,3H3. The molecular formula is C75H52N12O18. The van der Waals surface area contributed by atoms with Gasteiger partial charge in [0.05, 0.1) is 84.2 Å². The molecule has 0 aliphatic heterocycles. The Morgan fingerprint density at radius 1 is 0.352 bits per heavy atom. The van der Waals surface area contributed by atoms with E-state index in [4.69, 9.17) is 19.7 Å². The van der Waals surface area contributed by atoms with E-state index in [-0.39, 0.29) is 113 Å². The predicted octanol–water partition coefficient (Wildman–Crippen LogP) is 4.33. The molecule has 3 heterocycles. The van der Waals surface area contributed by atoms with Gasteiger partial charge in [-0.1, -0.05) is 73.7 Å². The Morgan fingerprint density at radius 2 is 0.648 bits per heavy atom. The molecule has 13 rings (SSSR count). The van der Waals surface area contributed by atoms with Crippen molar-refractivity contribution in [2.45, 2.75) is 53.6 Å². The van der Waals surface area contributed by atoms with E-state index >= 15 is 0 Å². The van der Waals surface area contributed by atoms with Crippen LogP contribution in [0, 0.1) is 71.8 Å². The number of pyridine rings is 3. The van der Waals surface area contributed by atoms with Crippen molar-refractivity contribution in [1.82, 2.24) is 13.7 Å². The highest BCUT2D eigenvalue weighted by molar-refractivity contribution is 5.96. The molecule has 0 spiro atoms. The van der Waals surface area contributed by atoms with Crippen LogP contribution in [-0.2, 0) is 26.6 Å². The zero-order chi connectivity index (χ0) is 75.9. The maximum Gasteiger partial charge on any atom is 0.276 e. The predicted molar refractivity (Wildman–Crippen MR) is 393 cm³/mol. The first-order valence-corrected chi connectivity index (χ1v) is 31.4. The van der Waals surface area contributed by atoms with Gasteiger partial charge in [-0.2, -0.15) is 0 Å². The molecule has 0 saturated carbocycles. The fourth-order valence-electron chi connectivity index (χ4n) is 12.3. The number of aromatic hydroxyl groups is 3. The van der Waals surface area contributed by atoms with E-state index in [0.29, 0.717) is 12.8 Å². The van der Waals surface area contributed by atoms with E-state index < -0.39 is 131 Å². The molecule has 9 N–H and O–H groups in total. The third-order valence-corrected chi connectivity index (χ3v) is 17.7. The van der Waals surface area contributed by atoms with Crippen LogP contribution in [0.3, 0.4) is 0 Å². The molecule has 3 aromatic heterocycles. The van der Waals surface area contributed by atoms with Crippen LogP contribution in [0.4, 0.5) is 51.2 Å². The van der Waals surface area contributed by atoms with Gasteiger partial charge in [-0.25, -0.2) is 14.5 Å². The Labute approximate surface area is 583 Å². The Kier molecular flexibility index (Phi) is 19.1. The summed E-state index contributed by atoms with van der Waals surface area (Å²) in [5.74, 6) is -1.38. The first-order valence-electron chi connectivity index (χ1n) is 31.4. The molecule has 0 amide bonds. The molecule has 0 radical (unpaired) electrons. The minimum atomic E-state index is -0.795. The lowest BCUT2D eigenvalue weighted by molar-refractivity contribution is 0.408. The molecule has 0 saturated heterocycles. The first kappa shape index (κ1) is 71.2. The average Bonchev–Trinajstić information content (AvgIpc) is 0.747. The quantitative estimate of drug-likeness (QED) is 0.0540. The third-order valence-electron chi connectivity index (χ3n) is 17.7. The van der Waals surface area contributed by atoms with Crippen molar-refractivity contribution in [2.75, 3.05) is 32.6 Å². The topological polar surface area (TPSA) is 417 Å². The summed E-state index contributed by atoms with van der Waals surface area (Å²) >= 11 is 0. The Bertz CT molecular complexity index is 7210. The molecule has 4 aromatic carbocycles. The lowest BCUT2D eigenvalue weighted by atomic mass is 10.0. The van der Waals surface area contributed by atoms with Crippen LogP contribution in [0.2, 0.25) is 0 Å². The second kappa shape index (κ2) is 28.2. The normalized spacial score (nSPS) is 11.0. The summed E-state index contributed by atoms with van der Waals surface area (Å²) < 4.78 is 3.03. The number of fused-ring (bicyclic) bond motifs is 3. The lowest BCUT2D eigenvalue weighted by Gasteiger charge is -2.18. The van der Waals surface area contributed by atoms with Gasteiger partial charge in [0.15, 0.2) is 66.5 Å². The summed E-state index contributed by atoms with van der Waals surface area (Å²) in [6, 6.07) is 28.0. The number of rotatable bonds is 14. The van der Waals surface area contributed by atoms with E-state index in [2.05, 4.69) is 47.1 Å². The van der Waals surface area contributed by atoms with Gasteiger partial charge in [-0.3, -0.25) is 118 Å². The second-order valence-corrected chi connectivity index (χ2v) is 23.7. The molecule has 30 heteroatoms. The van der Waals surface area contributed by atoms with Crippen LogP contribution in [0.15, 0.2) is 193 Å². The molecule has 30 nitrogen and oxygen atoms in total. The number of nitrogens with zero attached hydrogens (tertiary/aromatic N) is 6. The Morgan fingerprint density at radius 3 is 0.962 bits per heavy atom. The van der Waals surface area contributed by atoms with Crippen molar-refractivity contribution >= 4 is 83.5 Å². The first-order chi connectivity index (χ1) is 50.1. The number of hydrogen-bond donors (Lipinski definition) is 9. The van der Waals surface area contributed by atoms with Gasteiger partial charge in [0.1, 0.15) is 17.1 Å². The largest absolute Gasteiger partial charge is 0.503 e. The third kappa shape index (κ3) is 12.2. The minimum Gasteiger partial charge on any atom is -0.503 e. The fourth-order valence-corrected chi connectivity index (χ4v) is 12.3. The number of nitrogens with one attached hydrogen (secondary N) is 6. The van der Waals surface area contributed by atoms with Crippen molar-refractivity contribution in [3.63, 3.8) is 0 Å². The zero-order valence-corrected chi connectivity index (χ0v) is 55.5. The van der Waals surface area contributed by atoms with Crippen LogP contribution < -0.4 is 114 Å². The molecule has 105 heavy (non-hydrogen) atoms. The molecule has 0 unspecified atom stereocenters. The number of hydrogen-bond acceptors (Lipinski definition) is 24. The number of benzene rings is 4.